The van der Waals surface area contributed by atoms with Gasteiger partial charge in [0.2, 0.25) is 11.2 Å². The molecule has 2 rings (SSSR count). The lowest BCUT2D eigenvalue weighted by Gasteiger charge is -2.09. The molecular formula is C12H7BrClN3O. The molecule has 0 spiro atoms. The minimum absolute atomic E-state index is 0.0993. The standard InChI is InChI=1S/C12H7BrClN3O/c1-7-2-3-8(5-15)4-10(7)18-11-9(13)6-16-12(14)17-11/h2-4,6H,1H3. The summed E-state index contributed by atoms with van der Waals surface area (Å²) in [5.41, 5.74) is 1.42. The molecule has 4 nitrogen and oxygen atoms in total. The maximum Gasteiger partial charge on any atom is 0.237 e. The normalized spacial score (nSPS) is 9.89. The van der Waals surface area contributed by atoms with Gasteiger partial charge in [0, 0.05) is 6.20 Å². The van der Waals surface area contributed by atoms with Crippen LogP contribution < -0.4 is 4.74 Å². The fourth-order valence-electron chi connectivity index (χ4n) is 1.29. The summed E-state index contributed by atoms with van der Waals surface area (Å²) in [4.78, 5) is 7.78. The highest BCUT2D eigenvalue weighted by molar-refractivity contribution is 9.10. The quantitative estimate of drug-likeness (QED) is 0.787. The van der Waals surface area contributed by atoms with Crippen molar-refractivity contribution in [3.05, 3.63) is 45.3 Å². The Morgan fingerprint density at radius 3 is 2.94 bits per heavy atom. The Kier molecular flexibility index (Phi) is 3.80. The molecule has 2 aromatic rings. The summed E-state index contributed by atoms with van der Waals surface area (Å²) in [6.07, 6.45) is 1.51. The number of benzene rings is 1. The lowest BCUT2D eigenvalue weighted by Crippen LogP contribution is -1.94. The third-order valence-corrected chi connectivity index (χ3v) is 2.93. The molecule has 0 N–H and O–H groups in total. The zero-order valence-corrected chi connectivity index (χ0v) is 11.7. The molecule has 1 heterocycles. The molecule has 0 bridgehead atoms. The molecule has 18 heavy (non-hydrogen) atoms. The van der Waals surface area contributed by atoms with Gasteiger partial charge in [-0.15, -0.1) is 0 Å². The van der Waals surface area contributed by atoms with Crippen molar-refractivity contribution < 1.29 is 4.74 Å². The Morgan fingerprint density at radius 1 is 1.44 bits per heavy atom. The van der Waals surface area contributed by atoms with Gasteiger partial charge in [-0.05, 0) is 52.2 Å². The van der Waals surface area contributed by atoms with Crippen LogP contribution >= 0.6 is 27.5 Å². The smallest absolute Gasteiger partial charge is 0.237 e. The molecule has 0 aliphatic rings. The number of rotatable bonds is 2. The van der Waals surface area contributed by atoms with Gasteiger partial charge in [-0.1, -0.05) is 6.07 Å². The number of aromatic nitrogens is 2. The van der Waals surface area contributed by atoms with Crippen LogP contribution in [0.5, 0.6) is 11.6 Å². The first-order valence-corrected chi connectivity index (χ1v) is 6.14. The summed E-state index contributed by atoms with van der Waals surface area (Å²) in [7, 11) is 0. The molecule has 0 atom stereocenters. The van der Waals surface area contributed by atoms with Crippen LogP contribution in [0.2, 0.25) is 5.28 Å². The van der Waals surface area contributed by atoms with Crippen molar-refractivity contribution in [3.63, 3.8) is 0 Å². The van der Waals surface area contributed by atoms with E-state index in [1.807, 2.05) is 13.0 Å². The highest BCUT2D eigenvalue weighted by Gasteiger charge is 2.09. The first kappa shape index (κ1) is 12.8. The molecule has 0 aliphatic heterocycles. The monoisotopic (exact) mass is 323 g/mol. The topological polar surface area (TPSA) is 58.8 Å². The molecule has 0 radical (unpaired) electrons. The number of aryl methyl sites for hydroxylation is 1. The van der Waals surface area contributed by atoms with Gasteiger partial charge in [0.25, 0.3) is 0 Å². The Labute approximate surface area is 117 Å². The second-order valence-corrected chi connectivity index (χ2v) is 4.68. The van der Waals surface area contributed by atoms with Crippen LogP contribution in [0.15, 0.2) is 28.9 Å². The van der Waals surface area contributed by atoms with Crippen molar-refractivity contribution in [3.8, 4) is 17.7 Å². The highest BCUT2D eigenvalue weighted by Crippen LogP contribution is 2.30. The van der Waals surface area contributed by atoms with E-state index >= 15 is 0 Å². The lowest BCUT2D eigenvalue weighted by atomic mass is 10.1. The van der Waals surface area contributed by atoms with Gasteiger partial charge >= 0.3 is 0 Å². The second-order valence-electron chi connectivity index (χ2n) is 3.49. The number of nitrogens with zero attached hydrogens (tertiary/aromatic N) is 3. The molecular weight excluding hydrogens is 318 g/mol. The molecule has 0 amide bonds. The molecule has 0 unspecified atom stereocenters. The largest absolute Gasteiger partial charge is 0.437 e. The predicted octanol–water partition coefficient (Wildman–Crippen LogP) is 3.86. The molecule has 0 aliphatic carbocycles. The van der Waals surface area contributed by atoms with E-state index in [1.165, 1.54) is 6.20 Å². The van der Waals surface area contributed by atoms with E-state index in [2.05, 4.69) is 32.0 Å². The number of halogens is 2. The average Bonchev–Trinajstić information content (AvgIpc) is 2.36. The molecule has 1 aromatic carbocycles. The van der Waals surface area contributed by atoms with Crippen LogP contribution in [0.1, 0.15) is 11.1 Å². The number of ether oxygens (including phenoxy) is 1. The molecule has 1 aromatic heterocycles. The summed E-state index contributed by atoms with van der Waals surface area (Å²) in [6, 6.07) is 7.24. The van der Waals surface area contributed by atoms with Crippen LogP contribution in [0.3, 0.4) is 0 Å². The molecule has 6 heteroatoms. The van der Waals surface area contributed by atoms with E-state index in [0.717, 1.165) is 5.56 Å². The maximum atomic E-state index is 8.86. The van der Waals surface area contributed by atoms with Crippen LogP contribution in [0.25, 0.3) is 0 Å². The fraction of sp³-hybridized carbons (Fsp3) is 0.0833. The van der Waals surface area contributed by atoms with E-state index in [0.29, 0.717) is 21.7 Å². The number of hydrogen-bond donors (Lipinski definition) is 0. The van der Waals surface area contributed by atoms with E-state index in [1.54, 1.807) is 12.1 Å². The van der Waals surface area contributed by atoms with Crippen molar-refractivity contribution in [1.82, 2.24) is 9.97 Å². The van der Waals surface area contributed by atoms with Gasteiger partial charge in [0.15, 0.2) is 0 Å². The van der Waals surface area contributed by atoms with Crippen LogP contribution in [0.4, 0.5) is 0 Å². The minimum atomic E-state index is 0.0993. The molecule has 0 fully saturated rings. The lowest BCUT2D eigenvalue weighted by molar-refractivity contribution is 0.454. The molecule has 0 saturated heterocycles. The summed E-state index contributed by atoms with van der Waals surface area (Å²) < 4.78 is 6.22. The zero-order valence-electron chi connectivity index (χ0n) is 9.32. The van der Waals surface area contributed by atoms with Crippen molar-refractivity contribution in [2.45, 2.75) is 6.92 Å². The Hall–Kier alpha value is -1.64. The summed E-state index contributed by atoms with van der Waals surface area (Å²) >= 11 is 8.98. The van der Waals surface area contributed by atoms with Gasteiger partial charge in [0.05, 0.1) is 16.1 Å². The summed E-state index contributed by atoms with van der Waals surface area (Å²) in [5.74, 6) is 0.873. The molecule has 0 saturated carbocycles. The predicted molar refractivity (Wildman–Crippen MR) is 70.7 cm³/mol. The fourth-order valence-corrected chi connectivity index (χ4v) is 1.68. The number of hydrogen-bond acceptors (Lipinski definition) is 4. The highest BCUT2D eigenvalue weighted by atomic mass is 79.9. The van der Waals surface area contributed by atoms with E-state index < -0.39 is 0 Å². The van der Waals surface area contributed by atoms with Crippen LogP contribution in [0, 0.1) is 18.3 Å². The molecule has 90 valence electrons. The zero-order chi connectivity index (χ0) is 13.1. The Bertz CT molecular complexity index is 640. The van der Waals surface area contributed by atoms with Crippen molar-refractivity contribution in [2.24, 2.45) is 0 Å². The van der Waals surface area contributed by atoms with Crippen LogP contribution in [-0.2, 0) is 0 Å². The average molecular weight is 325 g/mol. The van der Waals surface area contributed by atoms with Crippen LogP contribution in [-0.4, -0.2) is 9.97 Å². The second kappa shape index (κ2) is 5.34. The SMILES string of the molecule is Cc1ccc(C#N)cc1Oc1nc(Cl)ncc1Br. The first-order chi connectivity index (χ1) is 8.60. The van der Waals surface area contributed by atoms with Gasteiger partial charge in [-0.25, -0.2) is 4.98 Å². The van der Waals surface area contributed by atoms with Crippen molar-refractivity contribution in [1.29, 1.82) is 5.26 Å². The maximum absolute atomic E-state index is 8.86. The van der Waals surface area contributed by atoms with Crippen molar-refractivity contribution >= 4 is 27.5 Å². The van der Waals surface area contributed by atoms with Gasteiger partial charge in [-0.2, -0.15) is 10.2 Å². The van der Waals surface area contributed by atoms with E-state index in [-0.39, 0.29) is 5.28 Å². The van der Waals surface area contributed by atoms with Gasteiger partial charge < -0.3 is 4.74 Å². The third-order valence-electron chi connectivity index (χ3n) is 2.21. The Balaban J connectivity index is 2.39. The van der Waals surface area contributed by atoms with Gasteiger partial charge in [-0.3, -0.25) is 0 Å². The third kappa shape index (κ3) is 2.78. The summed E-state index contributed by atoms with van der Waals surface area (Å²) in [5, 5.41) is 8.96. The minimum Gasteiger partial charge on any atom is -0.437 e. The van der Waals surface area contributed by atoms with E-state index in [4.69, 9.17) is 21.6 Å². The Morgan fingerprint density at radius 2 is 2.22 bits per heavy atom. The summed E-state index contributed by atoms with van der Waals surface area (Å²) in [6.45, 7) is 1.88. The van der Waals surface area contributed by atoms with Gasteiger partial charge in [0.1, 0.15) is 5.75 Å². The van der Waals surface area contributed by atoms with E-state index in [9.17, 15) is 0 Å². The van der Waals surface area contributed by atoms with Crippen molar-refractivity contribution in [2.75, 3.05) is 0 Å². The number of nitriles is 1. The first-order valence-electron chi connectivity index (χ1n) is 4.97.